The number of carbonyl (C=O) groups is 2. The van der Waals surface area contributed by atoms with Crippen molar-refractivity contribution < 1.29 is 14.7 Å². The van der Waals surface area contributed by atoms with Gasteiger partial charge in [0.05, 0.1) is 0 Å². The van der Waals surface area contributed by atoms with E-state index >= 15 is 0 Å². The molecule has 0 aromatic heterocycles. The highest BCUT2D eigenvalue weighted by atomic mass is 79.9. The summed E-state index contributed by atoms with van der Waals surface area (Å²) in [6.45, 7) is 1.48. The fourth-order valence-corrected chi connectivity index (χ4v) is 3.30. The first-order chi connectivity index (χ1) is 12.6. The number of hydrogen-bond donors (Lipinski definition) is 2. The Morgan fingerprint density at radius 3 is 2.42 bits per heavy atom. The molecule has 2 N–H and O–H groups in total. The van der Waals surface area contributed by atoms with Crippen molar-refractivity contribution in [2.24, 2.45) is 5.92 Å². The predicted octanol–water partition coefficient (Wildman–Crippen LogP) is 3.55. The molecular weight excluding hydrogens is 396 g/mol. The minimum Gasteiger partial charge on any atom is -0.396 e. The molecule has 0 unspecified atom stereocenters. The summed E-state index contributed by atoms with van der Waals surface area (Å²) in [6.07, 6.45) is 1.64. The Kier molecular flexibility index (Phi) is 6.06. The van der Waals surface area contributed by atoms with E-state index in [1.54, 1.807) is 36.4 Å². The van der Waals surface area contributed by atoms with Crippen LogP contribution < -0.4 is 5.32 Å². The zero-order valence-electron chi connectivity index (χ0n) is 14.3. The van der Waals surface area contributed by atoms with Crippen molar-refractivity contribution in [2.45, 2.75) is 12.8 Å². The van der Waals surface area contributed by atoms with Gasteiger partial charge in [0.25, 0.3) is 11.8 Å². The summed E-state index contributed by atoms with van der Waals surface area (Å²) in [5, 5.41) is 12.1. The largest absolute Gasteiger partial charge is 0.396 e. The molecule has 0 spiro atoms. The Morgan fingerprint density at radius 1 is 1.08 bits per heavy atom. The molecule has 6 heteroatoms. The molecule has 1 aliphatic heterocycles. The number of nitrogens with one attached hydrogen (secondary N) is 1. The molecule has 2 aromatic carbocycles. The number of halogens is 1. The normalized spacial score (nSPS) is 14.9. The molecule has 0 saturated carbocycles. The lowest BCUT2D eigenvalue weighted by Gasteiger charge is -2.31. The van der Waals surface area contributed by atoms with Gasteiger partial charge in [0, 0.05) is 41.0 Å². The molecule has 3 rings (SSSR count). The van der Waals surface area contributed by atoms with Gasteiger partial charge < -0.3 is 15.3 Å². The third-order valence-electron chi connectivity index (χ3n) is 4.63. The van der Waals surface area contributed by atoms with Crippen molar-refractivity contribution in [3.8, 4) is 0 Å². The number of benzene rings is 2. The lowest BCUT2D eigenvalue weighted by molar-refractivity contribution is 0.0650. The van der Waals surface area contributed by atoms with Crippen molar-refractivity contribution in [1.82, 2.24) is 4.90 Å². The molecule has 0 atom stereocenters. The van der Waals surface area contributed by atoms with Crippen LogP contribution in [0, 0.1) is 5.92 Å². The van der Waals surface area contributed by atoms with Crippen LogP contribution in [0.15, 0.2) is 53.0 Å². The van der Waals surface area contributed by atoms with Gasteiger partial charge in [-0.25, -0.2) is 0 Å². The summed E-state index contributed by atoms with van der Waals surface area (Å²) in [6, 6.07) is 14.1. The number of aliphatic hydroxyl groups is 1. The fraction of sp³-hybridized carbons (Fsp3) is 0.300. The minimum atomic E-state index is -0.217. The first-order valence-corrected chi connectivity index (χ1v) is 9.43. The first-order valence-electron chi connectivity index (χ1n) is 8.64. The third kappa shape index (κ3) is 4.51. The van der Waals surface area contributed by atoms with Gasteiger partial charge in [-0.3, -0.25) is 9.59 Å². The molecule has 1 heterocycles. The minimum absolute atomic E-state index is 0.0406. The van der Waals surface area contributed by atoms with Crippen LogP contribution in [-0.4, -0.2) is 41.5 Å². The summed E-state index contributed by atoms with van der Waals surface area (Å²) in [5.74, 6) is 0.0302. The van der Waals surface area contributed by atoms with Crippen LogP contribution in [0.5, 0.6) is 0 Å². The number of aliphatic hydroxyl groups excluding tert-OH is 1. The van der Waals surface area contributed by atoms with Gasteiger partial charge in [-0.05, 0) is 61.2 Å². The number of rotatable bonds is 4. The summed E-state index contributed by atoms with van der Waals surface area (Å²) in [5.41, 5.74) is 1.70. The van der Waals surface area contributed by atoms with Gasteiger partial charge in [-0.15, -0.1) is 0 Å². The zero-order chi connectivity index (χ0) is 18.5. The summed E-state index contributed by atoms with van der Waals surface area (Å²) >= 11 is 3.35. The summed E-state index contributed by atoms with van der Waals surface area (Å²) < 4.78 is 0.909. The molecule has 1 saturated heterocycles. The van der Waals surface area contributed by atoms with Crippen LogP contribution in [0.3, 0.4) is 0 Å². The molecule has 1 fully saturated rings. The Morgan fingerprint density at radius 2 is 1.77 bits per heavy atom. The molecule has 0 radical (unpaired) electrons. The highest BCUT2D eigenvalue weighted by molar-refractivity contribution is 9.10. The van der Waals surface area contributed by atoms with E-state index in [0.717, 1.165) is 17.3 Å². The topological polar surface area (TPSA) is 69.6 Å². The average Bonchev–Trinajstić information content (AvgIpc) is 2.68. The van der Waals surface area contributed by atoms with E-state index in [4.69, 9.17) is 0 Å². The molecule has 0 aliphatic carbocycles. The molecule has 2 aromatic rings. The SMILES string of the molecule is O=C(Nc1cccc(C(=O)N2CCC(CO)CC2)c1)c1ccc(Br)cc1. The molecule has 136 valence electrons. The van der Waals surface area contributed by atoms with Crippen molar-refractivity contribution in [3.63, 3.8) is 0 Å². The highest BCUT2D eigenvalue weighted by Gasteiger charge is 2.23. The van der Waals surface area contributed by atoms with E-state index in [0.29, 0.717) is 29.9 Å². The van der Waals surface area contributed by atoms with Gasteiger partial charge in [0.2, 0.25) is 0 Å². The van der Waals surface area contributed by atoms with E-state index in [1.807, 2.05) is 17.0 Å². The third-order valence-corrected chi connectivity index (χ3v) is 5.16. The van der Waals surface area contributed by atoms with Gasteiger partial charge in [0.15, 0.2) is 0 Å². The standard InChI is InChI=1S/C20H21BrN2O3/c21-17-6-4-15(5-7-17)19(25)22-18-3-1-2-16(12-18)20(26)23-10-8-14(13-24)9-11-23/h1-7,12,14,24H,8-11,13H2,(H,22,25). The monoisotopic (exact) mass is 416 g/mol. The number of likely N-dealkylation sites (tertiary alicyclic amines) is 1. The van der Waals surface area contributed by atoms with Crippen LogP contribution in [0.4, 0.5) is 5.69 Å². The number of carbonyl (C=O) groups excluding carboxylic acids is 2. The van der Waals surface area contributed by atoms with Crippen LogP contribution in [0.2, 0.25) is 0 Å². The Balaban J connectivity index is 1.67. The predicted molar refractivity (Wildman–Crippen MR) is 104 cm³/mol. The van der Waals surface area contributed by atoms with Crippen LogP contribution in [0.1, 0.15) is 33.6 Å². The first kappa shape index (κ1) is 18.6. The fourth-order valence-electron chi connectivity index (χ4n) is 3.04. The Labute approximate surface area is 161 Å². The Bertz CT molecular complexity index is 784. The van der Waals surface area contributed by atoms with Crippen molar-refractivity contribution in [1.29, 1.82) is 0 Å². The molecule has 0 bridgehead atoms. The van der Waals surface area contributed by atoms with Gasteiger partial charge in [-0.2, -0.15) is 0 Å². The highest BCUT2D eigenvalue weighted by Crippen LogP contribution is 2.20. The quantitative estimate of drug-likeness (QED) is 0.800. The molecule has 2 amide bonds. The van der Waals surface area contributed by atoms with Gasteiger partial charge in [-0.1, -0.05) is 22.0 Å². The number of nitrogens with zero attached hydrogens (tertiary/aromatic N) is 1. The second-order valence-corrected chi connectivity index (χ2v) is 7.38. The van der Waals surface area contributed by atoms with Gasteiger partial charge in [0.1, 0.15) is 0 Å². The molecule has 1 aliphatic rings. The summed E-state index contributed by atoms with van der Waals surface area (Å²) in [4.78, 5) is 26.8. The lowest BCUT2D eigenvalue weighted by Crippen LogP contribution is -2.39. The van der Waals surface area contributed by atoms with Crippen molar-refractivity contribution in [3.05, 3.63) is 64.1 Å². The molecule has 26 heavy (non-hydrogen) atoms. The van der Waals surface area contributed by atoms with Crippen molar-refractivity contribution >= 4 is 33.4 Å². The van der Waals surface area contributed by atoms with Crippen LogP contribution >= 0.6 is 15.9 Å². The van der Waals surface area contributed by atoms with E-state index in [-0.39, 0.29) is 24.3 Å². The second kappa shape index (κ2) is 8.47. The van der Waals surface area contributed by atoms with E-state index in [2.05, 4.69) is 21.2 Å². The number of hydrogen-bond acceptors (Lipinski definition) is 3. The number of amides is 2. The van der Waals surface area contributed by atoms with E-state index in [9.17, 15) is 14.7 Å². The lowest BCUT2D eigenvalue weighted by atomic mass is 9.97. The summed E-state index contributed by atoms with van der Waals surface area (Å²) in [7, 11) is 0. The maximum atomic E-state index is 12.7. The Hall–Kier alpha value is -2.18. The van der Waals surface area contributed by atoms with Crippen LogP contribution in [-0.2, 0) is 0 Å². The average molecular weight is 417 g/mol. The second-order valence-electron chi connectivity index (χ2n) is 6.46. The number of anilines is 1. The maximum absolute atomic E-state index is 12.7. The van der Waals surface area contributed by atoms with E-state index in [1.165, 1.54) is 0 Å². The zero-order valence-corrected chi connectivity index (χ0v) is 15.9. The molecular formula is C20H21BrN2O3. The molecule has 5 nitrogen and oxygen atoms in total. The smallest absolute Gasteiger partial charge is 0.255 e. The van der Waals surface area contributed by atoms with Crippen molar-refractivity contribution in [2.75, 3.05) is 25.0 Å². The van der Waals surface area contributed by atoms with E-state index < -0.39 is 0 Å². The maximum Gasteiger partial charge on any atom is 0.255 e. The number of piperidine rings is 1. The van der Waals surface area contributed by atoms with Crippen LogP contribution in [0.25, 0.3) is 0 Å². The van der Waals surface area contributed by atoms with Gasteiger partial charge >= 0.3 is 0 Å².